The van der Waals surface area contributed by atoms with Gasteiger partial charge in [0.05, 0.1) is 7.11 Å². The molecule has 1 saturated carbocycles. The molecule has 0 unspecified atom stereocenters. The molecule has 0 saturated heterocycles. The van der Waals surface area contributed by atoms with Gasteiger partial charge in [0, 0.05) is 31.9 Å². The van der Waals surface area contributed by atoms with Crippen LogP contribution in [0.1, 0.15) is 45.1 Å². The average Bonchev–Trinajstić information content (AvgIpc) is 2.59. The first kappa shape index (κ1) is 17.6. The number of aromatic nitrogens is 1. The van der Waals surface area contributed by atoms with Crippen molar-refractivity contribution < 1.29 is 4.74 Å². The molecule has 0 aromatic carbocycles. The van der Waals surface area contributed by atoms with Crippen LogP contribution in [0, 0.1) is 11.8 Å². The summed E-state index contributed by atoms with van der Waals surface area (Å²) in [7, 11) is 3.45. The second kappa shape index (κ2) is 8.75. The lowest BCUT2D eigenvalue weighted by molar-refractivity contribution is 0.250. The summed E-state index contributed by atoms with van der Waals surface area (Å²) in [5.41, 5.74) is 1.11. The van der Waals surface area contributed by atoms with Crippen LogP contribution in [0.4, 0.5) is 0 Å². The lowest BCUT2D eigenvalue weighted by Crippen LogP contribution is -2.44. The van der Waals surface area contributed by atoms with Gasteiger partial charge in [-0.15, -0.1) is 0 Å². The molecule has 5 heteroatoms. The van der Waals surface area contributed by atoms with E-state index in [1.165, 1.54) is 25.7 Å². The fourth-order valence-electron chi connectivity index (χ4n) is 3.14. The van der Waals surface area contributed by atoms with Crippen molar-refractivity contribution in [3.8, 4) is 5.88 Å². The number of guanidine groups is 1. The Morgan fingerprint density at radius 1 is 1.30 bits per heavy atom. The van der Waals surface area contributed by atoms with Crippen LogP contribution in [-0.2, 0) is 6.54 Å². The summed E-state index contributed by atoms with van der Waals surface area (Å²) in [6.45, 7) is 5.38. The fraction of sp³-hybridized carbons (Fsp3) is 0.667. The molecule has 23 heavy (non-hydrogen) atoms. The largest absolute Gasteiger partial charge is 0.481 e. The van der Waals surface area contributed by atoms with Gasteiger partial charge in [0.2, 0.25) is 5.88 Å². The van der Waals surface area contributed by atoms with Crippen molar-refractivity contribution in [2.45, 2.75) is 52.1 Å². The van der Waals surface area contributed by atoms with Gasteiger partial charge in [-0.3, -0.25) is 4.99 Å². The highest BCUT2D eigenvalue weighted by Gasteiger charge is 2.23. The number of rotatable bonds is 5. The fourth-order valence-corrected chi connectivity index (χ4v) is 3.14. The minimum atomic E-state index is 0.533. The zero-order valence-corrected chi connectivity index (χ0v) is 14.8. The Morgan fingerprint density at radius 2 is 2.04 bits per heavy atom. The van der Waals surface area contributed by atoms with E-state index >= 15 is 0 Å². The monoisotopic (exact) mass is 318 g/mol. The predicted molar refractivity (Wildman–Crippen MR) is 94.7 cm³/mol. The Morgan fingerprint density at radius 3 is 2.57 bits per heavy atom. The van der Waals surface area contributed by atoms with E-state index in [0.29, 0.717) is 18.5 Å². The van der Waals surface area contributed by atoms with Crippen LogP contribution in [0.15, 0.2) is 23.3 Å². The van der Waals surface area contributed by atoms with E-state index in [1.54, 1.807) is 7.11 Å². The predicted octanol–water partition coefficient (Wildman–Crippen LogP) is 2.97. The van der Waals surface area contributed by atoms with E-state index in [9.17, 15) is 0 Å². The normalized spacial score (nSPS) is 22.0. The molecule has 1 aliphatic rings. The van der Waals surface area contributed by atoms with E-state index in [0.717, 1.165) is 23.4 Å². The SMILES string of the molecule is CN=C(NCc1ccc(OC)nc1)NC1CCC(C(C)C)CC1. The number of aliphatic imine (C=N–C) groups is 1. The summed E-state index contributed by atoms with van der Waals surface area (Å²) in [4.78, 5) is 8.55. The van der Waals surface area contributed by atoms with Crippen molar-refractivity contribution in [2.24, 2.45) is 16.8 Å². The van der Waals surface area contributed by atoms with Crippen molar-refractivity contribution in [3.63, 3.8) is 0 Å². The summed E-state index contributed by atoms with van der Waals surface area (Å²) in [5.74, 6) is 3.19. The topological polar surface area (TPSA) is 58.5 Å². The maximum absolute atomic E-state index is 5.07. The first-order valence-electron chi connectivity index (χ1n) is 8.58. The molecule has 2 N–H and O–H groups in total. The van der Waals surface area contributed by atoms with Crippen molar-refractivity contribution in [2.75, 3.05) is 14.2 Å². The van der Waals surface area contributed by atoms with Gasteiger partial charge in [-0.25, -0.2) is 4.98 Å². The third kappa shape index (κ3) is 5.41. The molecule has 1 fully saturated rings. The molecule has 0 atom stereocenters. The van der Waals surface area contributed by atoms with Gasteiger partial charge in [-0.2, -0.15) is 0 Å². The lowest BCUT2D eigenvalue weighted by atomic mass is 9.80. The van der Waals surface area contributed by atoms with Crippen molar-refractivity contribution in [1.82, 2.24) is 15.6 Å². The summed E-state index contributed by atoms with van der Waals surface area (Å²) in [6, 6.07) is 4.42. The standard InChI is InChI=1S/C18H30N4O/c1-13(2)15-6-8-16(9-7-15)22-18(19-3)21-12-14-5-10-17(23-4)20-11-14/h5,10-11,13,15-16H,6-9,12H2,1-4H3,(H2,19,21,22). The van der Waals surface area contributed by atoms with Gasteiger partial charge in [-0.1, -0.05) is 19.9 Å². The van der Waals surface area contributed by atoms with E-state index in [-0.39, 0.29) is 0 Å². The van der Waals surface area contributed by atoms with Crippen LogP contribution in [0.2, 0.25) is 0 Å². The number of methoxy groups -OCH3 is 1. The molecule has 1 aromatic heterocycles. The Kier molecular flexibility index (Phi) is 6.68. The first-order chi connectivity index (χ1) is 11.1. The van der Waals surface area contributed by atoms with E-state index < -0.39 is 0 Å². The molecular weight excluding hydrogens is 288 g/mol. The highest BCUT2D eigenvalue weighted by molar-refractivity contribution is 5.79. The molecule has 2 rings (SSSR count). The maximum Gasteiger partial charge on any atom is 0.212 e. The molecule has 1 aliphatic carbocycles. The molecule has 128 valence electrons. The van der Waals surface area contributed by atoms with Crippen LogP contribution in [0.25, 0.3) is 0 Å². The lowest BCUT2D eigenvalue weighted by Gasteiger charge is -2.32. The number of pyridine rings is 1. The molecule has 0 radical (unpaired) electrons. The molecule has 1 heterocycles. The third-order valence-electron chi connectivity index (χ3n) is 4.75. The summed E-state index contributed by atoms with van der Waals surface area (Å²) in [5, 5.41) is 6.91. The van der Waals surface area contributed by atoms with Gasteiger partial charge in [-0.05, 0) is 43.1 Å². The molecule has 0 bridgehead atoms. The minimum Gasteiger partial charge on any atom is -0.481 e. The van der Waals surface area contributed by atoms with Gasteiger partial charge in [0.15, 0.2) is 5.96 Å². The van der Waals surface area contributed by atoms with Gasteiger partial charge in [0.1, 0.15) is 0 Å². The van der Waals surface area contributed by atoms with Crippen LogP contribution >= 0.6 is 0 Å². The summed E-state index contributed by atoms with van der Waals surface area (Å²) >= 11 is 0. The summed E-state index contributed by atoms with van der Waals surface area (Å²) in [6.07, 6.45) is 6.91. The molecule has 0 spiro atoms. The highest BCUT2D eigenvalue weighted by Crippen LogP contribution is 2.29. The highest BCUT2D eigenvalue weighted by atomic mass is 16.5. The maximum atomic E-state index is 5.07. The van der Waals surface area contributed by atoms with Crippen LogP contribution in [-0.4, -0.2) is 31.1 Å². The third-order valence-corrected chi connectivity index (χ3v) is 4.75. The Balaban J connectivity index is 1.77. The average molecular weight is 318 g/mol. The Labute approximate surface area is 139 Å². The minimum absolute atomic E-state index is 0.533. The molecule has 0 amide bonds. The zero-order valence-electron chi connectivity index (χ0n) is 14.8. The van der Waals surface area contributed by atoms with Crippen LogP contribution in [0.3, 0.4) is 0 Å². The number of hydrogen-bond donors (Lipinski definition) is 2. The van der Waals surface area contributed by atoms with Crippen LogP contribution in [0.5, 0.6) is 5.88 Å². The molecular formula is C18H30N4O. The number of hydrogen-bond acceptors (Lipinski definition) is 3. The molecule has 0 aliphatic heterocycles. The van der Waals surface area contributed by atoms with Crippen molar-refractivity contribution in [3.05, 3.63) is 23.9 Å². The second-order valence-corrected chi connectivity index (χ2v) is 6.63. The van der Waals surface area contributed by atoms with Gasteiger partial charge in [0.25, 0.3) is 0 Å². The van der Waals surface area contributed by atoms with Crippen molar-refractivity contribution >= 4 is 5.96 Å². The van der Waals surface area contributed by atoms with E-state index in [1.807, 2.05) is 25.4 Å². The second-order valence-electron chi connectivity index (χ2n) is 6.63. The van der Waals surface area contributed by atoms with Crippen LogP contribution < -0.4 is 15.4 Å². The molecule has 5 nitrogen and oxygen atoms in total. The quantitative estimate of drug-likeness (QED) is 0.647. The smallest absolute Gasteiger partial charge is 0.212 e. The summed E-state index contributed by atoms with van der Waals surface area (Å²) < 4.78 is 5.07. The Bertz CT molecular complexity index is 490. The number of nitrogens with one attached hydrogen (secondary N) is 2. The Hall–Kier alpha value is -1.78. The molecule has 1 aromatic rings. The zero-order chi connectivity index (χ0) is 16.7. The van der Waals surface area contributed by atoms with Crippen molar-refractivity contribution in [1.29, 1.82) is 0 Å². The van der Waals surface area contributed by atoms with Gasteiger partial charge < -0.3 is 15.4 Å². The van der Waals surface area contributed by atoms with E-state index in [2.05, 4.69) is 34.5 Å². The van der Waals surface area contributed by atoms with E-state index in [4.69, 9.17) is 4.74 Å². The van der Waals surface area contributed by atoms with Gasteiger partial charge >= 0.3 is 0 Å². The number of nitrogens with zero attached hydrogens (tertiary/aromatic N) is 2. The first-order valence-corrected chi connectivity index (χ1v) is 8.58. The number of ether oxygens (including phenoxy) is 1.